The first-order chi connectivity index (χ1) is 12.5. The van der Waals surface area contributed by atoms with Crippen molar-refractivity contribution in [1.82, 2.24) is 5.32 Å². The Morgan fingerprint density at radius 1 is 1.38 bits per heavy atom. The Kier molecular flexibility index (Phi) is 6.82. The van der Waals surface area contributed by atoms with Crippen LogP contribution in [0.15, 0.2) is 18.2 Å². The molecule has 1 saturated heterocycles. The van der Waals surface area contributed by atoms with Crippen molar-refractivity contribution in [2.75, 3.05) is 23.9 Å². The number of methoxy groups -OCH3 is 1. The van der Waals surface area contributed by atoms with Crippen molar-refractivity contribution in [3.63, 3.8) is 0 Å². The van der Waals surface area contributed by atoms with E-state index in [0.717, 1.165) is 19.3 Å². The largest absolute Gasteiger partial charge is 0.495 e. The molecule has 1 heterocycles. The zero-order valence-corrected chi connectivity index (χ0v) is 15.2. The van der Waals surface area contributed by atoms with Gasteiger partial charge in [0.15, 0.2) is 0 Å². The van der Waals surface area contributed by atoms with E-state index >= 15 is 0 Å². The molecule has 1 aromatic carbocycles. The number of amides is 4. The van der Waals surface area contributed by atoms with Gasteiger partial charge in [-0.1, -0.05) is 19.8 Å². The highest BCUT2D eigenvalue weighted by molar-refractivity contribution is 6.00. The maximum atomic E-state index is 12.5. The Balaban J connectivity index is 2.18. The molecule has 0 saturated carbocycles. The second-order valence-corrected chi connectivity index (χ2v) is 6.23. The Labute approximate surface area is 153 Å². The number of benzene rings is 1. The predicted octanol–water partition coefficient (Wildman–Crippen LogP) is 1.99. The highest BCUT2D eigenvalue weighted by Gasteiger charge is 2.25. The van der Waals surface area contributed by atoms with Crippen molar-refractivity contribution in [2.45, 2.75) is 45.1 Å². The number of hydrogen-bond acceptors (Lipinski definition) is 4. The molecular formula is C18H26N4O4. The Hall–Kier alpha value is -2.77. The van der Waals surface area contributed by atoms with Gasteiger partial charge in [-0.3, -0.25) is 9.59 Å². The van der Waals surface area contributed by atoms with E-state index in [0.29, 0.717) is 36.5 Å². The van der Waals surface area contributed by atoms with E-state index < -0.39 is 12.1 Å². The number of urea groups is 1. The molecule has 142 valence electrons. The van der Waals surface area contributed by atoms with Crippen molar-refractivity contribution in [3.05, 3.63) is 18.2 Å². The van der Waals surface area contributed by atoms with Gasteiger partial charge in [-0.15, -0.1) is 0 Å². The quantitative estimate of drug-likeness (QED) is 0.656. The summed E-state index contributed by atoms with van der Waals surface area (Å²) >= 11 is 0. The number of rotatable bonds is 8. The fraction of sp³-hybridized carbons (Fsp3) is 0.500. The van der Waals surface area contributed by atoms with Crippen LogP contribution in [0.5, 0.6) is 5.75 Å². The average Bonchev–Trinajstić information content (AvgIpc) is 3.04. The normalized spacial score (nSPS) is 14.8. The number of unbranched alkanes of at least 4 members (excludes halogenated alkanes) is 1. The minimum atomic E-state index is -0.737. The third-order valence-corrected chi connectivity index (χ3v) is 4.29. The van der Waals surface area contributed by atoms with Gasteiger partial charge in [0.1, 0.15) is 11.8 Å². The fourth-order valence-electron chi connectivity index (χ4n) is 2.96. The summed E-state index contributed by atoms with van der Waals surface area (Å²) in [6.07, 6.45) is 3.48. The number of carbonyl (C=O) groups excluding carboxylic acids is 3. The number of nitrogens with one attached hydrogen (secondary N) is 2. The molecule has 0 aliphatic carbocycles. The minimum Gasteiger partial charge on any atom is -0.495 e. The maximum absolute atomic E-state index is 12.5. The molecular weight excluding hydrogens is 336 g/mol. The Bertz CT molecular complexity index is 677. The van der Waals surface area contributed by atoms with Crippen LogP contribution in [0.4, 0.5) is 16.2 Å². The van der Waals surface area contributed by atoms with Crippen LogP contribution in [-0.4, -0.2) is 37.5 Å². The van der Waals surface area contributed by atoms with Crippen LogP contribution in [0.3, 0.4) is 0 Å². The summed E-state index contributed by atoms with van der Waals surface area (Å²) in [5, 5.41) is 5.26. The summed E-state index contributed by atoms with van der Waals surface area (Å²) in [4.78, 5) is 37.4. The number of nitrogens with zero attached hydrogens (tertiary/aromatic N) is 1. The summed E-state index contributed by atoms with van der Waals surface area (Å²) in [7, 11) is 1.54. The first-order valence-corrected chi connectivity index (χ1v) is 8.81. The van der Waals surface area contributed by atoms with Crippen molar-refractivity contribution in [1.29, 1.82) is 0 Å². The SMILES string of the molecule is CCCCC(NC(N)=O)C(=O)Nc1ccc(OC)c(N2CCCC2=O)c1. The van der Waals surface area contributed by atoms with Crippen LogP contribution in [0, 0.1) is 0 Å². The fourth-order valence-corrected chi connectivity index (χ4v) is 2.96. The monoisotopic (exact) mass is 362 g/mol. The first kappa shape index (κ1) is 19.6. The first-order valence-electron chi connectivity index (χ1n) is 8.81. The van der Waals surface area contributed by atoms with Gasteiger partial charge >= 0.3 is 6.03 Å². The molecule has 1 fully saturated rings. The molecule has 0 radical (unpaired) electrons. The van der Waals surface area contributed by atoms with E-state index in [9.17, 15) is 14.4 Å². The molecule has 0 spiro atoms. The number of primary amides is 1. The van der Waals surface area contributed by atoms with Crippen molar-refractivity contribution < 1.29 is 19.1 Å². The molecule has 1 aliphatic heterocycles. The maximum Gasteiger partial charge on any atom is 0.312 e. The summed E-state index contributed by atoms with van der Waals surface area (Å²) in [5.74, 6) is 0.250. The second kappa shape index (κ2) is 9.07. The zero-order valence-electron chi connectivity index (χ0n) is 15.2. The van der Waals surface area contributed by atoms with Gasteiger partial charge in [0.25, 0.3) is 0 Å². The lowest BCUT2D eigenvalue weighted by Gasteiger charge is -2.21. The molecule has 26 heavy (non-hydrogen) atoms. The van der Waals surface area contributed by atoms with Crippen LogP contribution >= 0.6 is 0 Å². The van der Waals surface area contributed by atoms with Gasteiger partial charge in [-0.25, -0.2) is 4.79 Å². The standard InChI is InChI=1S/C18H26N4O4/c1-3-4-6-13(21-18(19)25)17(24)20-12-8-9-15(26-2)14(11-12)22-10-5-7-16(22)23/h8-9,11,13H,3-7,10H2,1-2H3,(H,20,24)(H3,19,21,25). The predicted molar refractivity (Wildman–Crippen MR) is 99.2 cm³/mol. The lowest BCUT2D eigenvalue weighted by Crippen LogP contribution is -2.46. The molecule has 4 N–H and O–H groups in total. The molecule has 0 bridgehead atoms. The van der Waals surface area contributed by atoms with Gasteiger partial charge < -0.3 is 26.0 Å². The van der Waals surface area contributed by atoms with E-state index in [1.807, 2.05) is 6.92 Å². The topological polar surface area (TPSA) is 114 Å². The van der Waals surface area contributed by atoms with Crippen molar-refractivity contribution in [2.24, 2.45) is 5.73 Å². The molecule has 1 aromatic rings. The number of nitrogens with two attached hydrogens (primary N) is 1. The van der Waals surface area contributed by atoms with Crippen LogP contribution in [0.2, 0.25) is 0 Å². The van der Waals surface area contributed by atoms with Gasteiger partial charge in [0.2, 0.25) is 11.8 Å². The number of carbonyl (C=O) groups is 3. The van der Waals surface area contributed by atoms with Gasteiger partial charge in [-0.2, -0.15) is 0 Å². The summed E-state index contributed by atoms with van der Waals surface area (Å²) < 4.78 is 5.34. The molecule has 8 heteroatoms. The molecule has 1 aliphatic rings. The minimum absolute atomic E-state index is 0.0305. The van der Waals surface area contributed by atoms with E-state index in [1.165, 1.54) is 7.11 Å². The van der Waals surface area contributed by atoms with Gasteiger partial charge in [0.05, 0.1) is 12.8 Å². The third-order valence-electron chi connectivity index (χ3n) is 4.29. The van der Waals surface area contributed by atoms with Crippen molar-refractivity contribution in [3.8, 4) is 5.75 Å². The lowest BCUT2D eigenvalue weighted by molar-refractivity contribution is -0.118. The number of anilines is 2. The molecule has 1 atom stereocenters. The average molecular weight is 362 g/mol. The molecule has 0 aromatic heterocycles. The van der Waals surface area contributed by atoms with E-state index in [2.05, 4.69) is 10.6 Å². The van der Waals surface area contributed by atoms with E-state index in [-0.39, 0.29) is 11.8 Å². The summed E-state index contributed by atoms with van der Waals surface area (Å²) in [6, 6.07) is 3.67. The number of ether oxygens (including phenoxy) is 1. The Morgan fingerprint density at radius 3 is 2.73 bits per heavy atom. The van der Waals surface area contributed by atoms with Crippen LogP contribution in [0.25, 0.3) is 0 Å². The zero-order chi connectivity index (χ0) is 19.1. The third kappa shape index (κ3) is 4.87. The van der Waals surface area contributed by atoms with E-state index in [4.69, 9.17) is 10.5 Å². The second-order valence-electron chi connectivity index (χ2n) is 6.23. The highest BCUT2D eigenvalue weighted by Crippen LogP contribution is 2.34. The number of hydrogen-bond donors (Lipinski definition) is 3. The molecule has 8 nitrogen and oxygen atoms in total. The molecule has 2 rings (SSSR count). The van der Waals surface area contributed by atoms with Gasteiger partial charge in [-0.05, 0) is 31.0 Å². The highest BCUT2D eigenvalue weighted by atomic mass is 16.5. The van der Waals surface area contributed by atoms with Crippen LogP contribution in [-0.2, 0) is 9.59 Å². The van der Waals surface area contributed by atoms with E-state index in [1.54, 1.807) is 23.1 Å². The summed E-state index contributed by atoms with van der Waals surface area (Å²) in [5.41, 5.74) is 6.32. The van der Waals surface area contributed by atoms with Crippen LogP contribution < -0.4 is 26.0 Å². The molecule has 1 unspecified atom stereocenters. The van der Waals surface area contributed by atoms with Crippen molar-refractivity contribution >= 4 is 29.2 Å². The van der Waals surface area contributed by atoms with Gasteiger partial charge in [0, 0.05) is 18.7 Å². The Morgan fingerprint density at radius 2 is 2.15 bits per heavy atom. The lowest BCUT2D eigenvalue weighted by atomic mass is 10.1. The smallest absolute Gasteiger partial charge is 0.312 e. The summed E-state index contributed by atoms with van der Waals surface area (Å²) in [6.45, 7) is 2.62. The van der Waals surface area contributed by atoms with Crippen LogP contribution in [0.1, 0.15) is 39.0 Å². The molecule has 4 amide bonds.